The van der Waals surface area contributed by atoms with Gasteiger partial charge in [0.05, 0.1) is 18.3 Å². The topological polar surface area (TPSA) is 58.6 Å². The fourth-order valence-electron chi connectivity index (χ4n) is 2.65. The molecule has 1 atom stereocenters. The highest BCUT2D eigenvalue weighted by atomic mass is 16.5. The summed E-state index contributed by atoms with van der Waals surface area (Å²) < 4.78 is 5.60. The number of aliphatic hydroxyl groups is 1. The number of hydrogen-bond donors (Lipinski definition) is 2. The number of carbonyl (C=O) groups is 1. The van der Waals surface area contributed by atoms with Crippen molar-refractivity contribution < 1.29 is 14.6 Å². The molecule has 0 saturated heterocycles. The standard InChI is InChI=1S/C15H29NO3/c1-12(2)10-13(3)19-9-6-14(17)16-11-15(18)7-4-5-8-15/h12-13,18H,4-11H2,1-3H3,(H,16,17). The Morgan fingerprint density at radius 1 is 1.32 bits per heavy atom. The van der Waals surface area contributed by atoms with Crippen LogP contribution in [0.15, 0.2) is 0 Å². The number of rotatable bonds is 8. The van der Waals surface area contributed by atoms with Crippen molar-refractivity contribution in [3.05, 3.63) is 0 Å². The minimum atomic E-state index is -0.665. The normalized spacial score (nSPS) is 19.6. The smallest absolute Gasteiger partial charge is 0.222 e. The summed E-state index contributed by atoms with van der Waals surface area (Å²) in [6.07, 6.45) is 5.31. The van der Waals surface area contributed by atoms with Gasteiger partial charge in [0.25, 0.3) is 0 Å². The van der Waals surface area contributed by atoms with Crippen molar-refractivity contribution in [3.63, 3.8) is 0 Å². The van der Waals surface area contributed by atoms with Crippen molar-refractivity contribution in [2.45, 2.75) is 71.0 Å². The zero-order valence-electron chi connectivity index (χ0n) is 12.6. The van der Waals surface area contributed by atoms with E-state index in [1.54, 1.807) is 0 Å². The SMILES string of the molecule is CC(C)CC(C)OCCC(=O)NCC1(O)CCCC1. The van der Waals surface area contributed by atoms with E-state index in [9.17, 15) is 9.90 Å². The van der Waals surface area contributed by atoms with Crippen LogP contribution in [0.4, 0.5) is 0 Å². The molecule has 0 aliphatic heterocycles. The molecule has 1 aliphatic rings. The van der Waals surface area contributed by atoms with E-state index in [-0.39, 0.29) is 12.0 Å². The van der Waals surface area contributed by atoms with Crippen LogP contribution >= 0.6 is 0 Å². The van der Waals surface area contributed by atoms with Gasteiger partial charge in [-0.3, -0.25) is 4.79 Å². The highest BCUT2D eigenvalue weighted by molar-refractivity contribution is 5.76. The Morgan fingerprint density at radius 2 is 1.95 bits per heavy atom. The van der Waals surface area contributed by atoms with Crippen molar-refractivity contribution in [2.24, 2.45) is 5.92 Å². The summed E-state index contributed by atoms with van der Waals surface area (Å²) >= 11 is 0. The number of ether oxygens (including phenoxy) is 1. The Kier molecular flexibility index (Phi) is 6.80. The second-order valence-electron chi connectivity index (χ2n) is 6.27. The van der Waals surface area contributed by atoms with Gasteiger partial charge < -0.3 is 15.2 Å². The predicted octanol–water partition coefficient (Wildman–Crippen LogP) is 2.25. The summed E-state index contributed by atoms with van der Waals surface area (Å²) in [6, 6.07) is 0. The summed E-state index contributed by atoms with van der Waals surface area (Å²) in [5, 5.41) is 12.9. The molecule has 0 bridgehead atoms. The molecule has 4 nitrogen and oxygen atoms in total. The van der Waals surface area contributed by atoms with Crippen molar-refractivity contribution in [1.29, 1.82) is 0 Å². The Morgan fingerprint density at radius 3 is 2.53 bits per heavy atom. The molecule has 2 N–H and O–H groups in total. The number of amides is 1. The third kappa shape index (κ3) is 6.92. The average Bonchev–Trinajstić information content (AvgIpc) is 2.73. The van der Waals surface area contributed by atoms with Crippen molar-refractivity contribution in [2.75, 3.05) is 13.2 Å². The molecule has 0 spiro atoms. The van der Waals surface area contributed by atoms with Crippen LogP contribution in [0.1, 0.15) is 59.3 Å². The van der Waals surface area contributed by atoms with Crippen molar-refractivity contribution in [3.8, 4) is 0 Å². The summed E-state index contributed by atoms with van der Waals surface area (Å²) in [5.74, 6) is 0.581. The van der Waals surface area contributed by atoms with Crippen LogP contribution in [0.5, 0.6) is 0 Å². The summed E-state index contributed by atoms with van der Waals surface area (Å²) in [5.41, 5.74) is -0.665. The maximum absolute atomic E-state index is 11.6. The van der Waals surface area contributed by atoms with Gasteiger partial charge in [-0.05, 0) is 32.1 Å². The van der Waals surface area contributed by atoms with E-state index in [4.69, 9.17) is 4.74 Å². The zero-order chi connectivity index (χ0) is 14.3. The van der Waals surface area contributed by atoms with Gasteiger partial charge in [-0.2, -0.15) is 0 Å². The molecule has 1 rings (SSSR count). The molecular weight excluding hydrogens is 242 g/mol. The molecule has 0 radical (unpaired) electrons. The van der Waals surface area contributed by atoms with Gasteiger partial charge in [-0.15, -0.1) is 0 Å². The molecule has 1 unspecified atom stereocenters. The molecule has 1 amide bonds. The largest absolute Gasteiger partial charge is 0.388 e. The molecule has 0 aromatic carbocycles. The summed E-state index contributed by atoms with van der Waals surface area (Å²) in [7, 11) is 0. The Bertz CT molecular complexity index is 273. The maximum atomic E-state index is 11.6. The van der Waals surface area contributed by atoms with Crippen LogP contribution in [-0.2, 0) is 9.53 Å². The zero-order valence-corrected chi connectivity index (χ0v) is 12.6. The minimum Gasteiger partial charge on any atom is -0.388 e. The molecule has 0 aromatic heterocycles. The Hall–Kier alpha value is -0.610. The van der Waals surface area contributed by atoms with Gasteiger partial charge >= 0.3 is 0 Å². The van der Waals surface area contributed by atoms with E-state index in [0.717, 1.165) is 32.1 Å². The lowest BCUT2D eigenvalue weighted by Gasteiger charge is -2.22. The van der Waals surface area contributed by atoms with E-state index >= 15 is 0 Å². The summed E-state index contributed by atoms with van der Waals surface area (Å²) in [4.78, 5) is 11.6. The Labute approximate surface area is 116 Å². The highest BCUT2D eigenvalue weighted by Crippen LogP contribution is 2.28. The first-order valence-corrected chi connectivity index (χ1v) is 7.52. The molecule has 1 fully saturated rings. The minimum absolute atomic E-state index is 0.0305. The molecule has 4 heteroatoms. The molecule has 19 heavy (non-hydrogen) atoms. The fraction of sp³-hybridized carbons (Fsp3) is 0.933. The van der Waals surface area contributed by atoms with Gasteiger partial charge in [0, 0.05) is 13.0 Å². The molecule has 112 valence electrons. The first kappa shape index (κ1) is 16.4. The van der Waals surface area contributed by atoms with Crippen LogP contribution in [0, 0.1) is 5.92 Å². The molecule has 0 aromatic rings. The molecule has 0 heterocycles. The summed E-state index contributed by atoms with van der Waals surface area (Å²) in [6.45, 7) is 7.20. The maximum Gasteiger partial charge on any atom is 0.222 e. The van der Waals surface area contributed by atoms with E-state index in [2.05, 4.69) is 19.2 Å². The van der Waals surface area contributed by atoms with Crippen LogP contribution in [0.25, 0.3) is 0 Å². The second-order valence-corrected chi connectivity index (χ2v) is 6.27. The van der Waals surface area contributed by atoms with Gasteiger partial charge in [-0.1, -0.05) is 26.7 Å². The molecule has 1 aliphatic carbocycles. The monoisotopic (exact) mass is 271 g/mol. The van der Waals surface area contributed by atoms with E-state index < -0.39 is 5.60 Å². The van der Waals surface area contributed by atoms with Crippen molar-refractivity contribution >= 4 is 5.91 Å². The van der Waals surface area contributed by atoms with Gasteiger partial charge in [0.1, 0.15) is 0 Å². The fourth-order valence-corrected chi connectivity index (χ4v) is 2.65. The van der Waals surface area contributed by atoms with E-state index in [1.165, 1.54) is 0 Å². The van der Waals surface area contributed by atoms with Crippen LogP contribution in [-0.4, -0.2) is 35.9 Å². The van der Waals surface area contributed by atoms with Gasteiger partial charge in [0.2, 0.25) is 5.91 Å². The third-order valence-corrected chi connectivity index (χ3v) is 3.68. The van der Waals surface area contributed by atoms with Crippen LogP contribution < -0.4 is 5.32 Å². The lowest BCUT2D eigenvalue weighted by molar-refractivity contribution is -0.123. The van der Waals surface area contributed by atoms with Crippen molar-refractivity contribution in [1.82, 2.24) is 5.32 Å². The quantitative estimate of drug-likeness (QED) is 0.712. The number of carbonyl (C=O) groups excluding carboxylic acids is 1. The molecular formula is C15H29NO3. The van der Waals surface area contributed by atoms with Gasteiger partial charge in [-0.25, -0.2) is 0 Å². The van der Waals surface area contributed by atoms with Crippen LogP contribution in [0.2, 0.25) is 0 Å². The Balaban J connectivity index is 2.08. The first-order chi connectivity index (χ1) is 8.91. The highest BCUT2D eigenvalue weighted by Gasteiger charge is 2.31. The number of hydrogen-bond acceptors (Lipinski definition) is 3. The second kappa shape index (κ2) is 7.85. The first-order valence-electron chi connectivity index (χ1n) is 7.52. The average molecular weight is 271 g/mol. The number of nitrogens with one attached hydrogen (secondary N) is 1. The van der Waals surface area contributed by atoms with Crippen LogP contribution in [0.3, 0.4) is 0 Å². The predicted molar refractivity (Wildman–Crippen MR) is 75.9 cm³/mol. The van der Waals surface area contributed by atoms with Gasteiger partial charge in [0.15, 0.2) is 0 Å². The van der Waals surface area contributed by atoms with E-state index in [1.807, 2.05) is 6.92 Å². The lowest BCUT2D eigenvalue weighted by atomic mass is 10.0. The molecule has 1 saturated carbocycles. The van der Waals surface area contributed by atoms with E-state index in [0.29, 0.717) is 25.5 Å². The third-order valence-electron chi connectivity index (χ3n) is 3.68. The lowest BCUT2D eigenvalue weighted by Crippen LogP contribution is -2.41.